The van der Waals surface area contributed by atoms with E-state index in [4.69, 9.17) is 16.3 Å². The smallest absolute Gasteiger partial charge is 0.233 e. The number of carbonyl (C=O) groups is 2. The van der Waals surface area contributed by atoms with E-state index in [0.717, 1.165) is 11.3 Å². The molecule has 0 heterocycles. The molecule has 26 heavy (non-hydrogen) atoms. The van der Waals surface area contributed by atoms with Crippen molar-refractivity contribution in [3.8, 4) is 5.75 Å². The summed E-state index contributed by atoms with van der Waals surface area (Å²) in [5.74, 6) is 0.0591. The van der Waals surface area contributed by atoms with E-state index in [9.17, 15) is 9.59 Å². The molecular weight excluding hydrogens is 352 g/mol. The number of benzene rings is 2. The standard InChI is InChI=1S/C20H23ClN2O3/c1-14(2)26-18-8-6-17(7-9-18)23-20(25)13-19(24)22-11-10-15-4-3-5-16(21)12-15/h3-9,12,14H,10-11,13H2,1-2H3,(H,22,24)(H,23,25). The van der Waals surface area contributed by atoms with Gasteiger partial charge < -0.3 is 15.4 Å². The summed E-state index contributed by atoms with van der Waals surface area (Å²) >= 11 is 5.92. The van der Waals surface area contributed by atoms with E-state index in [0.29, 0.717) is 23.7 Å². The molecule has 0 aliphatic rings. The Kier molecular flexibility index (Phi) is 7.48. The first-order valence-corrected chi connectivity index (χ1v) is 8.88. The number of amides is 2. The Labute approximate surface area is 158 Å². The van der Waals surface area contributed by atoms with Gasteiger partial charge in [-0.25, -0.2) is 0 Å². The fourth-order valence-corrected chi connectivity index (χ4v) is 2.55. The van der Waals surface area contributed by atoms with Gasteiger partial charge in [0.1, 0.15) is 12.2 Å². The van der Waals surface area contributed by atoms with Crippen LogP contribution in [0.3, 0.4) is 0 Å². The van der Waals surface area contributed by atoms with Crippen LogP contribution in [0.1, 0.15) is 25.8 Å². The molecule has 0 aliphatic heterocycles. The van der Waals surface area contributed by atoms with Crippen LogP contribution in [-0.4, -0.2) is 24.5 Å². The van der Waals surface area contributed by atoms with Gasteiger partial charge in [0.15, 0.2) is 0 Å². The van der Waals surface area contributed by atoms with E-state index in [1.165, 1.54) is 0 Å². The minimum absolute atomic E-state index is 0.0889. The Morgan fingerprint density at radius 3 is 2.46 bits per heavy atom. The maximum Gasteiger partial charge on any atom is 0.233 e. The fourth-order valence-electron chi connectivity index (χ4n) is 2.34. The lowest BCUT2D eigenvalue weighted by Gasteiger charge is -2.11. The van der Waals surface area contributed by atoms with Crippen LogP contribution in [-0.2, 0) is 16.0 Å². The van der Waals surface area contributed by atoms with Crippen LogP contribution in [0.2, 0.25) is 5.02 Å². The molecule has 0 atom stereocenters. The topological polar surface area (TPSA) is 67.4 Å². The van der Waals surface area contributed by atoms with E-state index in [1.807, 2.05) is 32.0 Å². The van der Waals surface area contributed by atoms with Crippen molar-refractivity contribution in [3.05, 3.63) is 59.1 Å². The molecule has 2 aromatic rings. The average Bonchev–Trinajstić information content (AvgIpc) is 2.56. The van der Waals surface area contributed by atoms with Gasteiger partial charge in [-0.05, 0) is 62.2 Å². The Morgan fingerprint density at radius 1 is 1.08 bits per heavy atom. The number of nitrogens with one attached hydrogen (secondary N) is 2. The van der Waals surface area contributed by atoms with Gasteiger partial charge in [0.2, 0.25) is 11.8 Å². The molecule has 0 unspecified atom stereocenters. The van der Waals surface area contributed by atoms with Crippen LogP contribution in [0.15, 0.2) is 48.5 Å². The van der Waals surface area contributed by atoms with Gasteiger partial charge in [-0.2, -0.15) is 0 Å². The maximum atomic E-state index is 11.9. The monoisotopic (exact) mass is 374 g/mol. The highest BCUT2D eigenvalue weighted by Crippen LogP contribution is 2.17. The Balaban J connectivity index is 1.72. The molecule has 0 aliphatic carbocycles. The molecule has 2 N–H and O–H groups in total. The SMILES string of the molecule is CC(C)Oc1ccc(NC(=O)CC(=O)NCCc2cccc(Cl)c2)cc1. The minimum Gasteiger partial charge on any atom is -0.491 e. The second kappa shape index (κ2) is 9.82. The Hall–Kier alpha value is -2.53. The number of carbonyl (C=O) groups excluding carboxylic acids is 2. The Morgan fingerprint density at radius 2 is 1.81 bits per heavy atom. The van der Waals surface area contributed by atoms with Crippen LogP contribution in [0.5, 0.6) is 5.75 Å². The number of hydrogen-bond acceptors (Lipinski definition) is 3. The lowest BCUT2D eigenvalue weighted by molar-refractivity contribution is -0.126. The molecule has 0 spiro atoms. The lowest BCUT2D eigenvalue weighted by Crippen LogP contribution is -2.29. The molecular formula is C20H23ClN2O3. The molecule has 6 heteroatoms. The highest BCUT2D eigenvalue weighted by Gasteiger charge is 2.09. The largest absolute Gasteiger partial charge is 0.491 e. The van der Waals surface area contributed by atoms with Crippen molar-refractivity contribution in [2.45, 2.75) is 32.8 Å². The zero-order valence-corrected chi connectivity index (χ0v) is 15.7. The van der Waals surface area contributed by atoms with Crippen molar-refractivity contribution in [2.75, 3.05) is 11.9 Å². The number of ether oxygens (including phenoxy) is 1. The summed E-state index contributed by atoms with van der Waals surface area (Å²) in [5, 5.41) is 6.10. The molecule has 2 rings (SSSR count). The molecule has 0 fully saturated rings. The second-order valence-corrected chi connectivity index (χ2v) is 6.58. The van der Waals surface area contributed by atoms with E-state index >= 15 is 0 Å². The fraction of sp³-hybridized carbons (Fsp3) is 0.300. The third-order valence-corrected chi connectivity index (χ3v) is 3.69. The highest BCUT2D eigenvalue weighted by atomic mass is 35.5. The van der Waals surface area contributed by atoms with Crippen LogP contribution in [0.25, 0.3) is 0 Å². The molecule has 2 amide bonds. The first kappa shape index (κ1) is 19.8. The van der Waals surface area contributed by atoms with Crippen LogP contribution >= 0.6 is 11.6 Å². The van der Waals surface area contributed by atoms with Gasteiger partial charge >= 0.3 is 0 Å². The van der Waals surface area contributed by atoms with Gasteiger partial charge in [0.05, 0.1) is 6.10 Å². The summed E-state index contributed by atoms with van der Waals surface area (Å²) in [6.45, 7) is 4.34. The minimum atomic E-state index is -0.359. The summed E-state index contributed by atoms with van der Waals surface area (Å²) in [6, 6.07) is 14.5. The predicted molar refractivity (Wildman–Crippen MR) is 104 cm³/mol. The molecule has 0 aromatic heterocycles. The van der Waals surface area contributed by atoms with Gasteiger partial charge in [0, 0.05) is 17.3 Å². The number of anilines is 1. The van der Waals surface area contributed by atoms with Gasteiger partial charge in [-0.1, -0.05) is 23.7 Å². The van der Waals surface area contributed by atoms with Gasteiger partial charge in [-0.15, -0.1) is 0 Å². The predicted octanol–water partition coefficient (Wildman–Crippen LogP) is 3.81. The quantitative estimate of drug-likeness (QED) is 0.690. The second-order valence-electron chi connectivity index (χ2n) is 6.15. The molecule has 0 saturated heterocycles. The van der Waals surface area contributed by atoms with Crippen molar-refractivity contribution in [1.29, 1.82) is 0 Å². The van der Waals surface area contributed by atoms with Crippen LogP contribution in [0.4, 0.5) is 5.69 Å². The van der Waals surface area contributed by atoms with E-state index in [-0.39, 0.29) is 24.3 Å². The summed E-state index contributed by atoms with van der Waals surface area (Å²) in [7, 11) is 0. The zero-order valence-electron chi connectivity index (χ0n) is 14.9. The van der Waals surface area contributed by atoms with Crippen LogP contribution in [0, 0.1) is 0 Å². The summed E-state index contributed by atoms with van der Waals surface area (Å²) in [6.07, 6.45) is 0.524. The molecule has 2 aromatic carbocycles. The third-order valence-electron chi connectivity index (χ3n) is 3.46. The molecule has 0 saturated carbocycles. The maximum absolute atomic E-state index is 11.9. The lowest BCUT2D eigenvalue weighted by atomic mass is 10.1. The molecule has 5 nitrogen and oxygen atoms in total. The van der Waals surface area contributed by atoms with Crippen molar-refractivity contribution in [3.63, 3.8) is 0 Å². The summed E-state index contributed by atoms with van der Waals surface area (Å²) < 4.78 is 5.54. The third kappa shape index (κ3) is 7.15. The van der Waals surface area contributed by atoms with E-state index in [2.05, 4.69) is 10.6 Å². The van der Waals surface area contributed by atoms with E-state index in [1.54, 1.807) is 30.3 Å². The van der Waals surface area contributed by atoms with Crippen molar-refractivity contribution in [2.24, 2.45) is 0 Å². The average molecular weight is 375 g/mol. The summed E-state index contributed by atoms with van der Waals surface area (Å²) in [5.41, 5.74) is 1.66. The number of rotatable bonds is 8. The molecule has 0 radical (unpaired) electrons. The number of halogens is 1. The van der Waals surface area contributed by atoms with E-state index < -0.39 is 0 Å². The van der Waals surface area contributed by atoms with Gasteiger partial charge in [0.25, 0.3) is 0 Å². The first-order valence-electron chi connectivity index (χ1n) is 8.50. The highest BCUT2D eigenvalue weighted by molar-refractivity contribution is 6.30. The molecule has 138 valence electrons. The van der Waals surface area contributed by atoms with Crippen LogP contribution < -0.4 is 15.4 Å². The van der Waals surface area contributed by atoms with Crippen molar-refractivity contribution < 1.29 is 14.3 Å². The van der Waals surface area contributed by atoms with Gasteiger partial charge in [-0.3, -0.25) is 9.59 Å². The summed E-state index contributed by atoms with van der Waals surface area (Å²) in [4.78, 5) is 23.8. The van der Waals surface area contributed by atoms with Crippen molar-refractivity contribution in [1.82, 2.24) is 5.32 Å². The Bertz CT molecular complexity index is 745. The normalized spacial score (nSPS) is 10.5. The molecule has 0 bridgehead atoms. The first-order chi connectivity index (χ1) is 12.4. The zero-order chi connectivity index (χ0) is 18.9. The van der Waals surface area contributed by atoms with Crippen molar-refractivity contribution >= 4 is 29.1 Å². The number of hydrogen-bond donors (Lipinski definition) is 2.